The summed E-state index contributed by atoms with van der Waals surface area (Å²) in [7, 11) is 0. The van der Waals surface area contributed by atoms with E-state index in [2.05, 4.69) is 41.6 Å². The molecule has 2 aromatic heterocycles. The Morgan fingerprint density at radius 1 is 0.946 bits per heavy atom. The molecule has 1 saturated carbocycles. The van der Waals surface area contributed by atoms with Crippen LogP contribution in [0.4, 0.5) is 10.5 Å². The number of alkyl carbamates (subject to hydrolysis) is 1. The maximum atomic E-state index is 14.2. The number of hydrogen-bond acceptors (Lipinski definition) is 11. The SMILES string of the molecule is Cc1nc(C(=O)N[C@@H]2CCNC2=O)ccc1-c1ccc(C[C@H](N)C(=O)N(C(=O)C2CCC(CNC(=O)OC(C)(C)C)CC2)c2ccc(-c3nn[nH]n3)cc2)cc1. The Morgan fingerprint density at radius 2 is 1.64 bits per heavy atom. The van der Waals surface area contributed by atoms with E-state index in [0.717, 1.165) is 16.7 Å². The van der Waals surface area contributed by atoms with Gasteiger partial charge in [-0.2, -0.15) is 5.21 Å². The lowest BCUT2D eigenvalue weighted by molar-refractivity contribution is -0.130. The van der Waals surface area contributed by atoms with Crippen molar-refractivity contribution < 1.29 is 28.7 Å². The number of nitrogens with one attached hydrogen (secondary N) is 4. The van der Waals surface area contributed by atoms with E-state index in [0.29, 0.717) is 68.0 Å². The van der Waals surface area contributed by atoms with Crippen LogP contribution in [-0.2, 0) is 25.5 Å². The Hall–Kier alpha value is -6.03. The molecule has 6 N–H and O–H groups in total. The molecule has 0 radical (unpaired) electrons. The number of tetrazole rings is 1. The molecular weight excluding hydrogens is 717 g/mol. The van der Waals surface area contributed by atoms with Crippen LogP contribution in [0.2, 0.25) is 0 Å². The highest BCUT2D eigenvalue weighted by Gasteiger charge is 2.36. The molecule has 0 spiro atoms. The molecule has 16 nitrogen and oxygen atoms in total. The van der Waals surface area contributed by atoms with E-state index in [9.17, 15) is 24.0 Å². The summed E-state index contributed by atoms with van der Waals surface area (Å²) in [6, 6.07) is 16.2. The largest absolute Gasteiger partial charge is 0.444 e. The highest BCUT2D eigenvalue weighted by atomic mass is 16.6. The number of hydrogen-bond donors (Lipinski definition) is 5. The van der Waals surface area contributed by atoms with Gasteiger partial charge in [0.2, 0.25) is 17.6 Å². The average Bonchev–Trinajstić information content (AvgIpc) is 3.86. The number of aryl methyl sites for hydroxylation is 1. The fourth-order valence-electron chi connectivity index (χ4n) is 7.03. The van der Waals surface area contributed by atoms with Crippen LogP contribution in [0.5, 0.6) is 0 Å². The van der Waals surface area contributed by atoms with Crippen LogP contribution >= 0.6 is 0 Å². The number of rotatable bonds is 11. The molecule has 0 unspecified atom stereocenters. The Balaban J connectivity index is 1.12. The van der Waals surface area contributed by atoms with Crippen molar-refractivity contribution in [1.29, 1.82) is 0 Å². The van der Waals surface area contributed by atoms with Gasteiger partial charge in [-0.3, -0.25) is 19.2 Å². The minimum absolute atomic E-state index is 0.179. The van der Waals surface area contributed by atoms with Crippen molar-refractivity contribution in [2.45, 2.75) is 83.9 Å². The van der Waals surface area contributed by atoms with Crippen molar-refractivity contribution in [2.24, 2.45) is 17.6 Å². The number of pyridine rings is 1. The normalized spacial score (nSPS) is 18.7. The first-order chi connectivity index (χ1) is 26.8. The molecule has 2 aromatic carbocycles. The van der Waals surface area contributed by atoms with Crippen molar-refractivity contribution in [3.05, 3.63) is 77.6 Å². The highest BCUT2D eigenvalue weighted by Crippen LogP contribution is 2.32. The summed E-state index contributed by atoms with van der Waals surface area (Å²) in [5.74, 6) is -1.31. The molecule has 0 bridgehead atoms. The zero-order valence-corrected chi connectivity index (χ0v) is 32.0. The number of aromatic amines is 1. The Morgan fingerprint density at radius 3 is 2.25 bits per heavy atom. The quantitative estimate of drug-likeness (QED) is 0.148. The lowest BCUT2D eigenvalue weighted by Gasteiger charge is -2.32. The van der Waals surface area contributed by atoms with Gasteiger partial charge in [-0.25, -0.2) is 14.7 Å². The second-order valence-electron chi connectivity index (χ2n) is 15.3. The number of nitrogens with two attached hydrogens (primary N) is 1. The number of ether oxygens (including phenoxy) is 1. The summed E-state index contributed by atoms with van der Waals surface area (Å²) in [6.45, 7) is 8.21. The van der Waals surface area contributed by atoms with Gasteiger partial charge in [0, 0.05) is 35.8 Å². The molecule has 2 aliphatic rings. The van der Waals surface area contributed by atoms with Crippen molar-refractivity contribution in [1.82, 2.24) is 41.6 Å². The number of nitrogens with zero attached hydrogens (tertiary/aromatic N) is 5. The first kappa shape index (κ1) is 39.7. The van der Waals surface area contributed by atoms with E-state index >= 15 is 0 Å². The fraction of sp³-hybridized carbons (Fsp3) is 0.425. The summed E-state index contributed by atoms with van der Waals surface area (Å²) in [6.07, 6.45) is 2.75. The summed E-state index contributed by atoms with van der Waals surface area (Å²) >= 11 is 0. The topological polar surface area (TPSA) is 227 Å². The molecule has 2 fully saturated rings. The van der Waals surface area contributed by atoms with Gasteiger partial charge >= 0.3 is 6.09 Å². The highest BCUT2D eigenvalue weighted by molar-refractivity contribution is 6.17. The number of H-pyrrole nitrogens is 1. The van der Waals surface area contributed by atoms with E-state index in [4.69, 9.17) is 10.5 Å². The monoisotopic (exact) mass is 764 g/mol. The van der Waals surface area contributed by atoms with E-state index in [1.807, 2.05) is 58.0 Å². The smallest absolute Gasteiger partial charge is 0.407 e. The molecule has 294 valence electrons. The molecule has 1 aliphatic carbocycles. The van der Waals surface area contributed by atoms with E-state index in [1.54, 1.807) is 30.3 Å². The van der Waals surface area contributed by atoms with Gasteiger partial charge < -0.3 is 26.4 Å². The van der Waals surface area contributed by atoms with Crippen molar-refractivity contribution in [2.75, 3.05) is 18.0 Å². The predicted molar refractivity (Wildman–Crippen MR) is 207 cm³/mol. The third-order valence-electron chi connectivity index (χ3n) is 10.0. The molecule has 3 heterocycles. The van der Waals surface area contributed by atoms with Crippen LogP contribution in [0.25, 0.3) is 22.5 Å². The summed E-state index contributed by atoms with van der Waals surface area (Å²) in [5.41, 5.74) is 10.4. The zero-order chi connectivity index (χ0) is 40.0. The minimum atomic E-state index is -1.03. The standard InChI is InChI=1S/C40H48N10O6/c1-23-30(17-18-32(44-23)36(52)45-33-19-20-42-35(33)51)26-9-5-24(6-10-26)21-31(41)38(54)50(29-15-13-27(14-16-29)34-46-48-49-47-34)37(53)28-11-7-25(8-12-28)22-43-39(55)56-40(2,3)4/h5-6,9-10,13-18,25,28,31,33H,7-8,11-12,19-22,41H2,1-4H3,(H,42,51)(H,43,55)(H,45,52)(H,46,47,48,49)/t25?,28?,31-,33+/m0/s1. The first-order valence-electron chi connectivity index (χ1n) is 18.9. The van der Waals surface area contributed by atoms with Crippen LogP contribution in [0.1, 0.15) is 74.6 Å². The minimum Gasteiger partial charge on any atom is -0.444 e. The van der Waals surface area contributed by atoms with Crippen LogP contribution in [-0.4, -0.2) is 86.1 Å². The number of amides is 5. The third-order valence-corrected chi connectivity index (χ3v) is 10.0. The molecule has 2 atom stereocenters. The van der Waals surface area contributed by atoms with Gasteiger partial charge in [0.1, 0.15) is 17.3 Å². The maximum Gasteiger partial charge on any atom is 0.407 e. The molecule has 6 rings (SSSR count). The van der Waals surface area contributed by atoms with Gasteiger partial charge in [0.15, 0.2) is 0 Å². The molecule has 56 heavy (non-hydrogen) atoms. The lowest BCUT2D eigenvalue weighted by Crippen LogP contribution is -2.50. The van der Waals surface area contributed by atoms with Gasteiger partial charge in [-0.1, -0.05) is 30.3 Å². The number of imide groups is 1. The molecule has 16 heteroatoms. The van der Waals surface area contributed by atoms with Gasteiger partial charge in [-0.15, -0.1) is 10.2 Å². The molecule has 5 amide bonds. The summed E-state index contributed by atoms with van der Waals surface area (Å²) in [4.78, 5) is 70.9. The maximum absolute atomic E-state index is 14.2. The second-order valence-corrected chi connectivity index (χ2v) is 15.3. The van der Waals surface area contributed by atoms with Crippen molar-refractivity contribution in [3.8, 4) is 22.5 Å². The predicted octanol–water partition coefficient (Wildman–Crippen LogP) is 3.62. The Bertz CT molecular complexity index is 2040. The number of carbonyl (C=O) groups is 5. The molecule has 1 aliphatic heterocycles. The molecule has 1 saturated heterocycles. The van der Waals surface area contributed by atoms with E-state index in [-0.39, 0.29) is 29.8 Å². The Kier molecular flexibility index (Phi) is 12.2. The number of carbonyl (C=O) groups excluding carboxylic acids is 5. The van der Waals surface area contributed by atoms with Crippen LogP contribution in [0, 0.1) is 18.8 Å². The van der Waals surface area contributed by atoms with Crippen LogP contribution in [0.15, 0.2) is 60.7 Å². The van der Waals surface area contributed by atoms with Crippen LogP contribution < -0.4 is 26.6 Å². The molecular formula is C40H48N10O6. The average molecular weight is 765 g/mol. The Labute approximate surface area is 324 Å². The third kappa shape index (κ3) is 9.79. The fourth-order valence-corrected chi connectivity index (χ4v) is 7.03. The van der Waals surface area contributed by atoms with Gasteiger partial charge in [-0.05, 0) is 119 Å². The van der Waals surface area contributed by atoms with Gasteiger partial charge in [0.05, 0.1) is 11.7 Å². The zero-order valence-electron chi connectivity index (χ0n) is 32.0. The van der Waals surface area contributed by atoms with E-state index in [1.165, 1.54) is 4.90 Å². The summed E-state index contributed by atoms with van der Waals surface area (Å²) < 4.78 is 5.36. The summed E-state index contributed by atoms with van der Waals surface area (Å²) in [5, 5.41) is 22.3. The van der Waals surface area contributed by atoms with Crippen molar-refractivity contribution in [3.63, 3.8) is 0 Å². The number of anilines is 1. The molecule has 4 aromatic rings. The van der Waals surface area contributed by atoms with Crippen molar-refractivity contribution >= 4 is 35.4 Å². The van der Waals surface area contributed by atoms with Gasteiger partial charge in [0.25, 0.3) is 11.8 Å². The first-order valence-corrected chi connectivity index (χ1v) is 18.9. The second kappa shape index (κ2) is 17.2. The lowest BCUT2D eigenvalue weighted by atomic mass is 9.81. The van der Waals surface area contributed by atoms with E-state index < -0.39 is 41.5 Å². The van der Waals surface area contributed by atoms with Crippen LogP contribution in [0.3, 0.4) is 0 Å². The number of benzene rings is 2. The number of aromatic nitrogens is 5.